The molecule has 16 bridgehead atoms. The van der Waals surface area contributed by atoms with Gasteiger partial charge in [0, 0.05) is 18.5 Å². The SMILES string of the molecule is CN(CCOc1ccc(CC2SC([O-])=NC2=O)cc1)c1ccccn1.OC[C@H]1O[C@@H]2O[C@H]3[C@H](O)[C@@H](O)[C@@H](O[C@H]4[C@H](O)[C@@H](O)[C@@H](O[C@H]5[C@H](O)[C@@H](O)[C@@H](O[C@H]6[C@H](O)[C@@H](O)[C@@H](O[C@H]7[C@@H](O)[C@H](O)[C@@H](O[C@H]8[C@H](O)[C@@H](O)[C@@H](O[C@H]9[C@@H](O)[C@H](O)[C@@H](O[C@H]1[C@H](O)[C@H]2O)O[C@@H]9CO)O[C@@H]8CO)O[C@@H]7CO)O[C@@H]6CO)O[C@@H]5CO)O[C@@H]4CO)O[C@@H]3CO.[K+]. The second-order valence-electron chi connectivity index (χ2n) is 28.1. The van der Waals surface area contributed by atoms with Gasteiger partial charge in [-0.15, -0.1) is 11.8 Å². The first-order chi connectivity index (χ1) is 54.0. The van der Waals surface area contributed by atoms with Gasteiger partial charge in [-0.1, -0.05) is 18.2 Å². The molecule has 0 saturated carbocycles. The fraction of sp³-hybridized carbons (Fsp3) is 0.803. The summed E-state index contributed by atoms with van der Waals surface area (Å²) in [5.41, 5.74) is 0.980. The largest absolute Gasteiger partial charge is 1.00 e. The molecule has 30 fully saturated rings. The van der Waals surface area contributed by atoms with Crippen LogP contribution in [0.4, 0.5) is 5.82 Å². The maximum Gasteiger partial charge on any atom is 1.00 e. The number of benzene rings is 1. The standard InChI is InChI=1S/C48H80O40.C18H19N3O3S.K/c49-1-9-33-17(57)25(65)41(73-9)82-34-10(2-50)75-43(27(67)19(34)59)84-36-12(4-52)77-45(29(69)21(36)61)86-38-14(6-54)79-47(31(71)23(38)63)88-40-16(8-56)80-48(32(72)24(40)64)87-39-15(7-55)78-46(30(70)22(39)62)85-37-13(5-53)76-44(28(68)20(37)60)83-35-11(3-51)74-42(81-33)26(66)18(35)58;1-21(16-4-2-3-9-19-16)10-11-24-14-7-5-13(6-8-14)12-15-17(22)20-18(23)25-15;/h9-72H,1-8H2;2-9,15H,10-12H2,1H3,(H,20,22,23);/q;;+1/p-1/t9-,10-,11-,12-,13-,14-,15-,16-,17-,18-,19-,20-,21-,22+,23+,24-,25-,26-,27-,28-,29-,30+,31+,32-,33-,34-,35-,36-,37-,38-,39-,40-,41-,42-,43-,44-,45-,46-,47-,48-;;/m1../s1. The molecule has 24 N–H and O–H groups in total. The van der Waals surface area contributed by atoms with Crippen molar-refractivity contribution in [3.05, 3.63) is 54.2 Å². The molecule has 46 nitrogen and oxygen atoms in total. The molecule has 33 rings (SSSR count). The van der Waals surface area contributed by atoms with E-state index in [1.54, 1.807) is 6.20 Å². The Morgan fingerprint density at radius 2 is 0.614 bits per heavy atom. The van der Waals surface area contributed by atoms with Crippen LogP contribution < -0.4 is 66.1 Å². The number of rotatable bonds is 15. The van der Waals surface area contributed by atoms with Crippen molar-refractivity contribution in [1.29, 1.82) is 0 Å². The van der Waals surface area contributed by atoms with E-state index in [2.05, 4.69) is 9.98 Å². The molecule has 41 atom stereocenters. The van der Waals surface area contributed by atoms with Crippen LogP contribution in [-0.4, -0.2) is 463 Å². The second-order valence-corrected chi connectivity index (χ2v) is 29.2. The predicted molar refractivity (Wildman–Crippen MR) is 358 cm³/mol. The minimum absolute atomic E-state index is 0. The zero-order valence-electron chi connectivity index (χ0n) is 60.8. The van der Waals surface area contributed by atoms with Crippen LogP contribution in [0.15, 0.2) is 53.7 Å². The van der Waals surface area contributed by atoms with Crippen LogP contribution in [0.1, 0.15) is 5.56 Å². The Labute approximate surface area is 693 Å². The quantitative estimate of drug-likeness (QED) is 0.0736. The van der Waals surface area contributed by atoms with Gasteiger partial charge >= 0.3 is 51.4 Å². The van der Waals surface area contributed by atoms with Gasteiger partial charge in [0.05, 0.1) is 64.6 Å². The molecule has 0 spiro atoms. The summed E-state index contributed by atoms with van der Waals surface area (Å²) in [4.78, 5) is 21.3. The first-order valence-corrected chi connectivity index (χ1v) is 36.9. The molecular weight excluding hydrogens is 1590 g/mol. The minimum Gasteiger partial charge on any atom is -0.854 e. The van der Waals surface area contributed by atoms with Crippen LogP contribution in [0.2, 0.25) is 0 Å². The summed E-state index contributed by atoms with van der Waals surface area (Å²) in [6, 6.07) is 13.4. The molecule has 31 aliphatic rings. The Morgan fingerprint density at radius 3 is 0.816 bits per heavy atom. The predicted octanol–water partition coefficient (Wildman–Crippen LogP) is -18.9. The molecule has 32 heterocycles. The first kappa shape index (κ1) is 93.8. The van der Waals surface area contributed by atoms with Gasteiger partial charge in [-0.25, -0.2) is 9.98 Å². The van der Waals surface area contributed by atoms with Gasteiger partial charge in [-0.3, -0.25) is 4.79 Å². The molecule has 0 radical (unpaired) electrons. The number of hydrogen-bond acceptors (Lipinski definition) is 46. The molecule has 31 aliphatic heterocycles. The van der Waals surface area contributed by atoms with E-state index in [-0.39, 0.29) is 57.3 Å². The average molecular weight is 1690 g/mol. The normalized spacial score (nSPS) is 46.4. The number of carbonyl (C=O) groups excluding carboxylic acids is 1. The number of hydrogen-bond donors (Lipinski definition) is 24. The van der Waals surface area contributed by atoms with Crippen LogP contribution in [0.25, 0.3) is 0 Å². The van der Waals surface area contributed by atoms with Gasteiger partial charge in [0.25, 0.3) is 5.91 Å². The third-order valence-electron chi connectivity index (χ3n) is 20.7. The zero-order chi connectivity index (χ0) is 81.7. The monoisotopic (exact) mass is 1690 g/mol. The van der Waals surface area contributed by atoms with Crippen LogP contribution in [0.5, 0.6) is 5.75 Å². The molecule has 30 saturated heterocycles. The van der Waals surface area contributed by atoms with Crippen LogP contribution in [0.3, 0.4) is 0 Å². The summed E-state index contributed by atoms with van der Waals surface area (Å²) in [6.45, 7) is -7.38. The number of pyridine rings is 1. The van der Waals surface area contributed by atoms with Gasteiger partial charge < -0.3 is 213 Å². The van der Waals surface area contributed by atoms with Gasteiger partial charge in [-0.2, -0.15) is 0 Å². The van der Waals surface area contributed by atoms with E-state index in [9.17, 15) is 132 Å². The summed E-state index contributed by atoms with van der Waals surface area (Å²) in [5.74, 6) is 1.33. The number of thioether (sulfide) groups is 1. The van der Waals surface area contributed by atoms with Crippen LogP contribution >= 0.6 is 11.8 Å². The van der Waals surface area contributed by atoms with Crippen LogP contribution in [-0.2, 0) is 87.0 Å². The number of carbonyl (C=O) groups is 1. The number of amides is 1. The molecule has 642 valence electrons. The van der Waals surface area contributed by atoms with E-state index >= 15 is 0 Å². The molecule has 1 unspecified atom stereocenters. The number of likely N-dealkylation sites (N-methyl/N-ethyl adjacent to an activating group) is 1. The van der Waals surface area contributed by atoms with Crippen molar-refractivity contribution >= 4 is 28.7 Å². The summed E-state index contributed by atoms with van der Waals surface area (Å²) in [7, 11) is 1.97. The van der Waals surface area contributed by atoms with Gasteiger partial charge in [0.15, 0.2) is 50.3 Å². The maximum atomic E-state index is 11.5. The number of aromatic nitrogens is 1. The Morgan fingerprint density at radius 1 is 0.368 bits per heavy atom. The molecule has 0 aliphatic carbocycles. The fourth-order valence-corrected chi connectivity index (χ4v) is 15.1. The van der Waals surface area contributed by atoms with E-state index in [1.807, 2.05) is 54.4 Å². The zero-order valence-corrected chi connectivity index (χ0v) is 64.7. The van der Waals surface area contributed by atoms with Crippen molar-refractivity contribution < 1.29 is 264 Å². The van der Waals surface area contributed by atoms with Crippen molar-refractivity contribution in [2.75, 3.05) is 78.0 Å². The smallest absolute Gasteiger partial charge is 0.854 e. The Hall–Kier alpha value is -2.50. The number of ether oxygens (including phenoxy) is 17. The summed E-state index contributed by atoms with van der Waals surface area (Å²) < 4.78 is 96.8. The minimum atomic E-state index is -2.25. The van der Waals surface area contributed by atoms with E-state index in [1.165, 1.54) is 0 Å². The average Bonchev–Trinajstić information content (AvgIpc) is 0.985. The number of aliphatic hydroxyl groups is 24. The molecule has 114 heavy (non-hydrogen) atoms. The van der Waals surface area contributed by atoms with E-state index < -0.39 is 309 Å². The third-order valence-corrected chi connectivity index (χ3v) is 21.6. The van der Waals surface area contributed by atoms with Gasteiger partial charge in [-0.05, 0) is 36.2 Å². The topological polar surface area (TPSA) is 711 Å². The van der Waals surface area contributed by atoms with Crippen molar-refractivity contribution in [1.82, 2.24) is 4.98 Å². The summed E-state index contributed by atoms with van der Waals surface area (Å²) in [5, 5.41) is 275. The number of aliphatic hydroxyl groups excluding tert-OH is 24. The van der Waals surface area contributed by atoms with E-state index in [0.29, 0.717) is 13.0 Å². The molecule has 1 aromatic carbocycles. The summed E-state index contributed by atoms with van der Waals surface area (Å²) in [6.07, 6.45) is -79.7. The molecule has 1 aromatic heterocycles. The Kier molecular flexibility index (Phi) is 34.6. The fourth-order valence-electron chi connectivity index (χ4n) is 14.3. The van der Waals surface area contributed by atoms with E-state index in [0.717, 1.165) is 35.4 Å². The van der Waals surface area contributed by atoms with Crippen molar-refractivity contribution in [2.24, 2.45) is 4.99 Å². The first-order valence-electron chi connectivity index (χ1n) is 36.1. The molecular formula is C66H98KN3O43S. The van der Waals surface area contributed by atoms with Crippen LogP contribution in [0, 0.1) is 0 Å². The van der Waals surface area contributed by atoms with Crippen molar-refractivity contribution in [3.63, 3.8) is 0 Å². The molecule has 48 heteroatoms. The van der Waals surface area contributed by atoms with Gasteiger partial charge in [0.1, 0.15) is 214 Å². The van der Waals surface area contributed by atoms with Crippen molar-refractivity contribution in [3.8, 4) is 5.75 Å². The molecule has 1 amide bonds. The van der Waals surface area contributed by atoms with E-state index in [4.69, 9.17) is 80.5 Å². The maximum absolute atomic E-state index is 11.5. The number of anilines is 1. The third kappa shape index (κ3) is 20.7. The Bertz CT molecular complexity index is 2850. The summed E-state index contributed by atoms with van der Waals surface area (Å²) >= 11 is 0.990. The second kappa shape index (κ2) is 42.1. The Balaban J connectivity index is 0.000000447. The van der Waals surface area contributed by atoms with Gasteiger partial charge in [0.2, 0.25) is 0 Å². The number of nitrogens with zero attached hydrogens (tertiary/aromatic N) is 3. The van der Waals surface area contributed by atoms with Crippen molar-refractivity contribution in [2.45, 2.75) is 257 Å². The molecule has 2 aromatic rings. The number of aliphatic imine (C=N–C) groups is 1.